The molecule has 1 amide bonds. The number of aryl methyl sites for hydroxylation is 2. The van der Waals surface area contributed by atoms with Crippen LogP contribution in [0.3, 0.4) is 0 Å². The number of carbonyl (C=O) groups is 1. The molecule has 0 unspecified atom stereocenters. The quantitative estimate of drug-likeness (QED) is 0.891. The maximum absolute atomic E-state index is 12.3. The van der Waals surface area contributed by atoms with Gasteiger partial charge in [0.15, 0.2) is 6.10 Å². The summed E-state index contributed by atoms with van der Waals surface area (Å²) in [5.41, 5.74) is 2.98. The van der Waals surface area contributed by atoms with Gasteiger partial charge in [0.25, 0.3) is 5.91 Å². The van der Waals surface area contributed by atoms with Crippen LogP contribution in [0.15, 0.2) is 42.6 Å². The number of carbonyl (C=O) groups excluding carboxylic acids is 1. The number of nitrogens with one attached hydrogen (secondary N) is 1. The topological polar surface area (TPSA) is 51.2 Å². The van der Waals surface area contributed by atoms with Crippen molar-refractivity contribution < 1.29 is 9.53 Å². The molecule has 4 nitrogen and oxygen atoms in total. The van der Waals surface area contributed by atoms with E-state index < -0.39 is 6.10 Å². The molecule has 1 N–H and O–H groups in total. The first-order valence-electron chi connectivity index (χ1n) is 7.51. The third kappa shape index (κ3) is 4.32. The molecule has 0 bridgehead atoms. The minimum Gasteiger partial charge on any atom is -0.480 e. The molecule has 2 rings (SSSR count). The molecule has 0 aliphatic carbocycles. The molecular formula is C18H22N2O2. The van der Waals surface area contributed by atoms with Gasteiger partial charge in [-0.05, 0) is 49.6 Å². The van der Waals surface area contributed by atoms with Crippen LogP contribution in [-0.2, 0) is 11.3 Å². The Morgan fingerprint density at radius 1 is 1.27 bits per heavy atom. The maximum Gasteiger partial charge on any atom is 0.261 e. The van der Waals surface area contributed by atoms with Crippen LogP contribution in [0.4, 0.5) is 0 Å². The molecule has 0 aliphatic rings. The minimum atomic E-state index is -0.496. The van der Waals surface area contributed by atoms with Gasteiger partial charge in [-0.2, -0.15) is 0 Å². The number of hydrogen-bond donors (Lipinski definition) is 1. The van der Waals surface area contributed by atoms with Crippen molar-refractivity contribution >= 4 is 5.91 Å². The molecule has 2 aromatic rings. The van der Waals surface area contributed by atoms with Crippen molar-refractivity contribution in [2.45, 2.75) is 39.8 Å². The van der Waals surface area contributed by atoms with E-state index in [1.165, 1.54) is 0 Å². The third-order valence-corrected chi connectivity index (χ3v) is 3.45. The lowest BCUT2D eigenvalue weighted by molar-refractivity contribution is -0.128. The second-order valence-corrected chi connectivity index (χ2v) is 5.32. The van der Waals surface area contributed by atoms with E-state index in [4.69, 9.17) is 4.74 Å². The van der Waals surface area contributed by atoms with E-state index in [-0.39, 0.29) is 5.91 Å². The highest BCUT2D eigenvalue weighted by atomic mass is 16.5. The summed E-state index contributed by atoms with van der Waals surface area (Å²) in [6.07, 6.45) is 1.83. The molecule has 1 heterocycles. The molecule has 0 radical (unpaired) electrons. The fourth-order valence-corrected chi connectivity index (χ4v) is 2.10. The Balaban J connectivity index is 1.98. The lowest BCUT2D eigenvalue weighted by atomic mass is 10.1. The van der Waals surface area contributed by atoms with Crippen LogP contribution in [-0.4, -0.2) is 17.0 Å². The highest BCUT2D eigenvalue weighted by Crippen LogP contribution is 2.21. The standard InChI is InChI=1S/C18H22N2O2/c1-4-16(22-17-11-13(2)8-9-14(17)3)18(21)20-12-15-7-5-6-10-19-15/h5-11,16H,4,12H2,1-3H3,(H,20,21)/t16-/m1/s1. The first kappa shape index (κ1) is 16.0. The van der Waals surface area contributed by atoms with Crippen molar-refractivity contribution in [2.75, 3.05) is 0 Å². The fraction of sp³-hybridized carbons (Fsp3) is 0.333. The van der Waals surface area contributed by atoms with Gasteiger partial charge in [-0.15, -0.1) is 0 Å². The van der Waals surface area contributed by atoms with E-state index in [0.29, 0.717) is 13.0 Å². The van der Waals surface area contributed by atoms with Crippen molar-refractivity contribution in [1.29, 1.82) is 0 Å². The van der Waals surface area contributed by atoms with E-state index in [0.717, 1.165) is 22.6 Å². The van der Waals surface area contributed by atoms with E-state index in [1.807, 2.05) is 57.2 Å². The third-order valence-electron chi connectivity index (χ3n) is 3.45. The number of amides is 1. The average Bonchev–Trinajstić information content (AvgIpc) is 2.54. The SMILES string of the molecule is CC[C@@H](Oc1cc(C)ccc1C)C(=O)NCc1ccccn1. The number of pyridine rings is 1. The van der Waals surface area contributed by atoms with Crippen molar-refractivity contribution in [3.8, 4) is 5.75 Å². The number of hydrogen-bond acceptors (Lipinski definition) is 3. The van der Waals surface area contributed by atoms with Gasteiger partial charge in [0.1, 0.15) is 5.75 Å². The molecule has 0 saturated heterocycles. The highest BCUT2D eigenvalue weighted by molar-refractivity contribution is 5.81. The van der Waals surface area contributed by atoms with E-state index in [2.05, 4.69) is 10.3 Å². The number of ether oxygens (including phenoxy) is 1. The van der Waals surface area contributed by atoms with Crippen molar-refractivity contribution in [2.24, 2.45) is 0 Å². The van der Waals surface area contributed by atoms with Gasteiger partial charge in [0.05, 0.1) is 12.2 Å². The van der Waals surface area contributed by atoms with Gasteiger partial charge in [0.2, 0.25) is 0 Å². The van der Waals surface area contributed by atoms with Gasteiger partial charge >= 0.3 is 0 Å². The largest absolute Gasteiger partial charge is 0.480 e. The summed E-state index contributed by atoms with van der Waals surface area (Å²) in [5, 5.41) is 2.88. The Hall–Kier alpha value is -2.36. The predicted octanol–water partition coefficient (Wildman–Crippen LogP) is 3.17. The molecular weight excluding hydrogens is 276 g/mol. The molecule has 22 heavy (non-hydrogen) atoms. The summed E-state index contributed by atoms with van der Waals surface area (Å²) < 4.78 is 5.89. The smallest absolute Gasteiger partial charge is 0.261 e. The number of rotatable bonds is 6. The normalized spacial score (nSPS) is 11.8. The number of aromatic nitrogens is 1. The Morgan fingerprint density at radius 3 is 2.77 bits per heavy atom. The maximum atomic E-state index is 12.3. The van der Waals surface area contributed by atoms with Crippen LogP contribution in [0.2, 0.25) is 0 Å². The Bertz CT molecular complexity index is 626. The van der Waals surface area contributed by atoms with Crippen LogP contribution < -0.4 is 10.1 Å². The van der Waals surface area contributed by atoms with Crippen LogP contribution in [0.5, 0.6) is 5.75 Å². The van der Waals surface area contributed by atoms with Crippen molar-refractivity contribution in [3.05, 3.63) is 59.4 Å². The second kappa shape index (κ2) is 7.59. The van der Waals surface area contributed by atoms with Crippen molar-refractivity contribution in [3.63, 3.8) is 0 Å². The lowest BCUT2D eigenvalue weighted by Gasteiger charge is -2.19. The summed E-state index contributed by atoms with van der Waals surface area (Å²) in [6, 6.07) is 11.6. The molecule has 1 aromatic heterocycles. The first-order chi connectivity index (χ1) is 10.6. The predicted molar refractivity (Wildman–Crippen MR) is 86.7 cm³/mol. The van der Waals surface area contributed by atoms with E-state index >= 15 is 0 Å². The minimum absolute atomic E-state index is 0.117. The van der Waals surface area contributed by atoms with Crippen molar-refractivity contribution in [1.82, 2.24) is 10.3 Å². The van der Waals surface area contributed by atoms with Gasteiger partial charge in [0, 0.05) is 6.20 Å². The van der Waals surface area contributed by atoms with Crippen LogP contribution >= 0.6 is 0 Å². The highest BCUT2D eigenvalue weighted by Gasteiger charge is 2.19. The second-order valence-electron chi connectivity index (χ2n) is 5.32. The number of benzene rings is 1. The molecule has 116 valence electrons. The van der Waals surface area contributed by atoms with E-state index in [9.17, 15) is 4.79 Å². The van der Waals surface area contributed by atoms with Gasteiger partial charge in [-0.25, -0.2) is 0 Å². The molecule has 1 atom stereocenters. The Kier molecular flexibility index (Phi) is 5.53. The zero-order valence-electron chi connectivity index (χ0n) is 13.3. The summed E-state index contributed by atoms with van der Waals surface area (Å²) in [5.74, 6) is 0.647. The molecule has 0 aliphatic heterocycles. The van der Waals surface area contributed by atoms with Crippen LogP contribution in [0.1, 0.15) is 30.2 Å². The Morgan fingerprint density at radius 2 is 2.09 bits per heavy atom. The summed E-state index contributed by atoms with van der Waals surface area (Å²) in [7, 11) is 0. The van der Waals surface area contributed by atoms with Gasteiger partial charge in [-0.3, -0.25) is 9.78 Å². The lowest BCUT2D eigenvalue weighted by Crippen LogP contribution is -2.37. The molecule has 4 heteroatoms. The molecule has 0 saturated carbocycles. The Labute approximate surface area is 131 Å². The fourth-order valence-electron chi connectivity index (χ4n) is 2.10. The monoisotopic (exact) mass is 298 g/mol. The average molecular weight is 298 g/mol. The first-order valence-corrected chi connectivity index (χ1v) is 7.51. The summed E-state index contributed by atoms with van der Waals surface area (Å²) >= 11 is 0. The van der Waals surface area contributed by atoms with Crippen LogP contribution in [0, 0.1) is 13.8 Å². The van der Waals surface area contributed by atoms with Gasteiger partial charge in [-0.1, -0.05) is 25.1 Å². The van der Waals surface area contributed by atoms with Gasteiger partial charge < -0.3 is 10.1 Å². The summed E-state index contributed by atoms with van der Waals surface area (Å²) in [6.45, 7) is 6.34. The van der Waals surface area contributed by atoms with E-state index in [1.54, 1.807) is 6.20 Å². The molecule has 1 aromatic carbocycles. The van der Waals surface area contributed by atoms with Crippen LogP contribution in [0.25, 0.3) is 0 Å². The molecule has 0 spiro atoms. The zero-order chi connectivity index (χ0) is 15.9. The number of nitrogens with zero attached hydrogens (tertiary/aromatic N) is 1. The summed E-state index contributed by atoms with van der Waals surface area (Å²) in [4.78, 5) is 16.5. The molecule has 0 fully saturated rings. The zero-order valence-corrected chi connectivity index (χ0v) is 13.3.